The van der Waals surface area contributed by atoms with Crippen LogP contribution in [0.3, 0.4) is 0 Å². The van der Waals surface area contributed by atoms with Gasteiger partial charge in [0.15, 0.2) is 0 Å². The van der Waals surface area contributed by atoms with Crippen LogP contribution in [-0.4, -0.2) is 23.0 Å². The molecule has 0 radical (unpaired) electrons. The fourth-order valence-corrected chi connectivity index (χ4v) is 3.38. The highest BCUT2D eigenvalue weighted by Crippen LogP contribution is 2.33. The normalized spacial score (nSPS) is 14.9. The lowest BCUT2D eigenvalue weighted by molar-refractivity contribution is 0.264. The average molecular weight is 347 g/mol. The third kappa shape index (κ3) is 6.09. The maximum atomic E-state index is 4.44. The first kappa shape index (κ1) is 18.7. The third-order valence-corrected chi connectivity index (χ3v) is 4.52. The van der Waals surface area contributed by atoms with E-state index in [1.807, 2.05) is 33.9 Å². The molecular weight excluding hydrogens is 320 g/mol. The molecule has 19 heavy (non-hydrogen) atoms. The van der Waals surface area contributed by atoms with Crippen molar-refractivity contribution in [2.75, 3.05) is 13.1 Å². The SMILES string of the molecule is C=C(C)N1CCC(c2ncc(Br)s2)CC1.CC.CC. The van der Waals surface area contributed by atoms with Gasteiger partial charge < -0.3 is 4.90 Å². The molecule has 0 aliphatic carbocycles. The van der Waals surface area contributed by atoms with Gasteiger partial charge in [-0.2, -0.15) is 0 Å². The molecule has 1 aromatic rings. The summed E-state index contributed by atoms with van der Waals surface area (Å²) in [6, 6.07) is 0. The van der Waals surface area contributed by atoms with Crippen molar-refractivity contribution in [3.8, 4) is 0 Å². The molecule has 1 aliphatic rings. The van der Waals surface area contributed by atoms with E-state index in [4.69, 9.17) is 0 Å². The molecule has 4 heteroatoms. The van der Waals surface area contributed by atoms with Crippen LogP contribution in [0.5, 0.6) is 0 Å². The second kappa shape index (κ2) is 10.4. The minimum absolute atomic E-state index is 0.650. The summed E-state index contributed by atoms with van der Waals surface area (Å²) in [5, 5.41) is 1.28. The molecular formula is C15H27BrN2S. The minimum Gasteiger partial charge on any atom is -0.375 e. The van der Waals surface area contributed by atoms with E-state index in [0.29, 0.717) is 5.92 Å². The van der Waals surface area contributed by atoms with Gasteiger partial charge in [0, 0.05) is 24.7 Å². The predicted octanol–water partition coefficient (Wildman–Crippen LogP) is 5.67. The second-order valence-electron chi connectivity index (χ2n) is 4.00. The number of aromatic nitrogens is 1. The van der Waals surface area contributed by atoms with E-state index >= 15 is 0 Å². The lowest BCUT2D eigenvalue weighted by Crippen LogP contribution is -2.31. The molecule has 0 unspecified atom stereocenters. The Hall–Kier alpha value is -0.350. The predicted molar refractivity (Wildman–Crippen MR) is 90.9 cm³/mol. The summed E-state index contributed by atoms with van der Waals surface area (Å²) >= 11 is 5.23. The van der Waals surface area contributed by atoms with Gasteiger partial charge in [-0.3, -0.25) is 0 Å². The van der Waals surface area contributed by atoms with Gasteiger partial charge in [0.05, 0.1) is 15.0 Å². The van der Waals surface area contributed by atoms with Crippen molar-refractivity contribution in [1.29, 1.82) is 0 Å². The van der Waals surface area contributed by atoms with Crippen molar-refractivity contribution in [2.45, 2.75) is 53.4 Å². The van der Waals surface area contributed by atoms with Crippen LogP contribution in [0.4, 0.5) is 0 Å². The fraction of sp³-hybridized carbons (Fsp3) is 0.667. The van der Waals surface area contributed by atoms with Gasteiger partial charge >= 0.3 is 0 Å². The molecule has 0 N–H and O–H groups in total. The fourth-order valence-electron chi connectivity index (χ4n) is 1.96. The van der Waals surface area contributed by atoms with Crippen LogP contribution in [0.15, 0.2) is 22.3 Å². The van der Waals surface area contributed by atoms with Crippen molar-refractivity contribution in [3.63, 3.8) is 0 Å². The summed E-state index contributed by atoms with van der Waals surface area (Å²) in [6.07, 6.45) is 4.31. The number of hydrogen-bond donors (Lipinski definition) is 0. The zero-order valence-corrected chi connectivity index (χ0v) is 15.3. The minimum atomic E-state index is 0.650. The van der Waals surface area contributed by atoms with E-state index in [-0.39, 0.29) is 0 Å². The van der Waals surface area contributed by atoms with E-state index in [9.17, 15) is 0 Å². The van der Waals surface area contributed by atoms with Crippen molar-refractivity contribution >= 4 is 27.3 Å². The summed E-state index contributed by atoms with van der Waals surface area (Å²) in [7, 11) is 0. The Kier molecular flexibility index (Phi) is 10.2. The van der Waals surface area contributed by atoms with E-state index in [1.54, 1.807) is 11.3 Å². The van der Waals surface area contributed by atoms with Gasteiger partial charge in [-0.25, -0.2) is 4.98 Å². The summed E-state index contributed by atoms with van der Waals surface area (Å²) < 4.78 is 1.14. The second-order valence-corrected chi connectivity index (χ2v) is 6.44. The van der Waals surface area contributed by atoms with E-state index in [2.05, 4.69) is 39.3 Å². The van der Waals surface area contributed by atoms with Crippen molar-refractivity contribution in [3.05, 3.63) is 27.3 Å². The van der Waals surface area contributed by atoms with Crippen molar-refractivity contribution in [1.82, 2.24) is 9.88 Å². The number of rotatable bonds is 2. The highest BCUT2D eigenvalue weighted by molar-refractivity contribution is 9.11. The van der Waals surface area contributed by atoms with E-state index in [0.717, 1.165) is 16.9 Å². The molecule has 1 fully saturated rings. The molecule has 1 aromatic heterocycles. The molecule has 0 atom stereocenters. The van der Waals surface area contributed by atoms with E-state index in [1.165, 1.54) is 23.5 Å². The van der Waals surface area contributed by atoms with Crippen LogP contribution in [0, 0.1) is 0 Å². The average Bonchev–Trinajstić information content (AvgIpc) is 2.90. The molecule has 0 amide bonds. The van der Waals surface area contributed by atoms with Crippen LogP contribution in [0.25, 0.3) is 0 Å². The standard InChI is InChI=1S/C11H15BrN2S.2C2H6/c1-8(2)14-5-3-9(4-6-14)11-13-7-10(12)15-11;2*1-2/h7,9H,1,3-6H2,2H3;2*1-2H3. The van der Waals surface area contributed by atoms with Crippen molar-refractivity contribution < 1.29 is 0 Å². The summed E-state index contributed by atoms with van der Waals surface area (Å²) in [4.78, 5) is 6.80. The smallest absolute Gasteiger partial charge is 0.0968 e. The van der Waals surface area contributed by atoms with Gasteiger partial charge in [0.25, 0.3) is 0 Å². The molecule has 1 saturated heterocycles. The van der Waals surface area contributed by atoms with Gasteiger partial charge in [-0.15, -0.1) is 11.3 Å². The number of halogens is 1. The Morgan fingerprint density at radius 3 is 2.21 bits per heavy atom. The van der Waals surface area contributed by atoms with Crippen molar-refractivity contribution in [2.24, 2.45) is 0 Å². The molecule has 0 spiro atoms. The maximum Gasteiger partial charge on any atom is 0.0968 e. The molecule has 110 valence electrons. The lowest BCUT2D eigenvalue weighted by Gasteiger charge is -2.32. The first-order chi connectivity index (χ1) is 9.16. The highest BCUT2D eigenvalue weighted by atomic mass is 79.9. The van der Waals surface area contributed by atoms with Gasteiger partial charge in [0.2, 0.25) is 0 Å². The van der Waals surface area contributed by atoms with Crippen LogP contribution in [0.2, 0.25) is 0 Å². The quantitative estimate of drug-likeness (QED) is 0.685. The summed E-state index contributed by atoms with van der Waals surface area (Å²) in [5.74, 6) is 0.650. The molecule has 0 aromatic carbocycles. The molecule has 1 aliphatic heterocycles. The van der Waals surface area contributed by atoms with E-state index < -0.39 is 0 Å². The molecule has 0 bridgehead atoms. The van der Waals surface area contributed by atoms with Gasteiger partial charge in [-0.05, 0) is 35.7 Å². The number of piperidine rings is 1. The molecule has 2 nitrogen and oxygen atoms in total. The molecule has 0 saturated carbocycles. The highest BCUT2D eigenvalue weighted by Gasteiger charge is 2.22. The summed E-state index contributed by atoms with van der Waals surface area (Å²) in [5.41, 5.74) is 1.19. The number of likely N-dealkylation sites (tertiary alicyclic amines) is 1. The van der Waals surface area contributed by atoms with Gasteiger partial charge in [-0.1, -0.05) is 34.3 Å². The monoisotopic (exact) mass is 346 g/mol. The third-order valence-electron chi connectivity index (χ3n) is 2.88. The Balaban J connectivity index is 0.000000741. The van der Waals surface area contributed by atoms with Crippen LogP contribution < -0.4 is 0 Å². The first-order valence-corrected chi connectivity index (χ1v) is 8.79. The molecule has 2 heterocycles. The van der Waals surface area contributed by atoms with Crippen LogP contribution in [0.1, 0.15) is 58.4 Å². The largest absolute Gasteiger partial charge is 0.375 e. The zero-order chi connectivity index (χ0) is 14.8. The maximum absolute atomic E-state index is 4.44. The van der Waals surface area contributed by atoms with Crippen LogP contribution >= 0.6 is 27.3 Å². The van der Waals surface area contributed by atoms with Gasteiger partial charge in [0.1, 0.15) is 0 Å². The number of thiazole rings is 1. The Bertz CT molecular complexity index is 355. The first-order valence-electron chi connectivity index (χ1n) is 7.18. The Labute approximate surface area is 131 Å². The number of hydrogen-bond acceptors (Lipinski definition) is 3. The Morgan fingerprint density at radius 2 is 1.84 bits per heavy atom. The lowest BCUT2D eigenvalue weighted by atomic mass is 9.97. The zero-order valence-electron chi connectivity index (χ0n) is 12.9. The number of allylic oxidation sites excluding steroid dienone is 1. The summed E-state index contributed by atoms with van der Waals surface area (Å²) in [6.45, 7) is 16.3. The number of nitrogens with zero attached hydrogens (tertiary/aromatic N) is 2. The van der Waals surface area contributed by atoms with Crippen LogP contribution in [-0.2, 0) is 0 Å². The molecule has 2 rings (SSSR count). The topological polar surface area (TPSA) is 16.1 Å². The Morgan fingerprint density at radius 1 is 1.32 bits per heavy atom.